The van der Waals surface area contributed by atoms with E-state index in [-0.39, 0.29) is 11.9 Å². The fourth-order valence-electron chi connectivity index (χ4n) is 3.02. The number of oxazole rings is 1. The Kier molecular flexibility index (Phi) is 5.64. The molecule has 2 unspecified atom stereocenters. The number of aromatic nitrogens is 1. The quantitative estimate of drug-likeness (QED) is 0.856. The van der Waals surface area contributed by atoms with Crippen molar-refractivity contribution < 1.29 is 9.21 Å². The summed E-state index contributed by atoms with van der Waals surface area (Å²) in [4.78, 5) is 16.4. The second kappa shape index (κ2) is 8.11. The van der Waals surface area contributed by atoms with E-state index in [0.717, 1.165) is 37.3 Å². The molecule has 2 heterocycles. The van der Waals surface area contributed by atoms with Gasteiger partial charge in [0.1, 0.15) is 0 Å². The molecule has 24 heavy (non-hydrogen) atoms. The van der Waals surface area contributed by atoms with Crippen molar-refractivity contribution in [2.24, 2.45) is 5.92 Å². The highest BCUT2D eigenvalue weighted by Gasteiger charge is 2.22. The third kappa shape index (κ3) is 4.45. The molecule has 5 nitrogen and oxygen atoms in total. The first-order valence-electron chi connectivity index (χ1n) is 8.72. The van der Waals surface area contributed by atoms with E-state index in [0.29, 0.717) is 24.7 Å². The number of hydrogen-bond donors (Lipinski definition) is 2. The number of benzene rings is 1. The Morgan fingerprint density at radius 1 is 1.38 bits per heavy atom. The summed E-state index contributed by atoms with van der Waals surface area (Å²) in [6.45, 7) is 4.11. The number of nitrogens with zero attached hydrogens (tertiary/aromatic N) is 1. The minimum atomic E-state index is 0.116. The van der Waals surface area contributed by atoms with Gasteiger partial charge in [0.25, 0.3) is 0 Å². The zero-order chi connectivity index (χ0) is 16.8. The first kappa shape index (κ1) is 16.7. The van der Waals surface area contributed by atoms with Crippen molar-refractivity contribution in [2.45, 2.75) is 38.6 Å². The molecule has 0 spiro atoms. The largest absolute Gasteiger partial charge is 0.441 e. The molecule has 1 aromatic heterocycles. The monoisotopic (exact) mass is 327 g/mol. The fraction of sp³-hybridized carbons (Fsp3) is 0.474. The Morgan fingerprint density at radius 2 is 2.21 bits per heavy atom. The van der Waals surface area contributed by atoms with Crippen molar-refractivity contribution >= 4 is 5.91 Å². The molecule has 128 valence electrons. The highest BCUT2D eigenvalue weighted by molar-refractivity contribution is 5.76. The van der Waals surface area contributed by atoms with Crippen molar-refractivity contribution in [3.05, 3.63) is 42.4 Å². The van der Waals surface area contributed by atoms with Gasteiger partial charge in [0.05, 0.1) is 6.20 Å². The zero-order valence-electron chi connectivity index (χ0n) is 14.1. The molecule has 0 saturated carbocycles. The van der Waals surface area contributed by atoms with Crippen molar-refractivity contribution in [3.63, 3.8) is 0 Å². The minimum absolute atomic E-state index is 0.116. The van der Waals surface area contributed by atoms with Crippen LogP contribution in [0.15, 0.2) is 40.9 Å². The van der Waals surface area contributed by atoms with Gasteiger partial charge in [-0.1, -0.05) is 37.3 Å². The first-order chi connectivity index (χ1) is 11.7. The Morgan fingerprint density at radius 3 is 3.00 bits per heavy atom. The molecule has 1 fully saturated rings. The predicted molar refractivity (Wildman–Crippen MR) is 93.5 cm³/mol. The summed E-state index contributed by atoms with van der Waals surface area (Å²) in [7, 11) is 0. The number of rotatable bonds is 6. The number of amides is 1. The number of aryl methyl sites for hydroxylation is 1. The molecule has 0 bridgehead atoms. The van der Waals surface area contributed by atoms with Crippen molar-refractivity contribution in [3.8, 4) is 11.3 Å². The second-order valence-corrected chi connectivity index (χ2v) is 6.48. The normalized spacial score (nSPS) is 20.7. The summed E-state index contributed by atoms with van der Waals surface area (Å²) in [6, 6.07) is 10.2. The number of nitrogens with one attached hydrogen (secondary N) is 2. The van der Waals surface area contributed by atoms with Gasteiger partial charge < -0.3 is 15.1 Å². The van der Waals surface area contributed by atoms with Crippen LogP contribution in [0.2, 0.25) is 0 Å². The summed E-state index contributed by atoms with van der Waals surface area (Å²) in [5.41, 5.74) is 1.02. The molecule has 2 N–H and O–H groups in total. The van der Waals surface area contributed by atoms with Crippen molar-refractivity contribution in [1.82, 2.24) is 15.6 Å². The van der Waals surface area contributed by atoms with E-state index in [1.807, 2.05) is 30.3 Å². The maximum Gasteiger partial charge on any atom is 0.220 e. The molecule has 1 amide bonds. The van der Waals surface area contributed by atoms with Crippen molar-refractivity contribution in [2.75, 3.05) is 13.1 Å². The van der Waals surface area contributed by atoms with Gasteiger partial charge in [-0.2, -0.15) is 0 Å². The Balaban J connectivity index is 1.43. The van der Waals surface area contributed by atoms with Gasteiger partial charge in [0.2, 0.25) is 5.91 Å². The summed E-state index contributed by atoms with van der Waals surface area (Å²) < 4.78 is 5.77. The van der Waals surface area contributed by atoms with Crippen LogP contribution in [-0.4, -0.2) is 30.0 Å². The van der Waals surface area contributed by atoms with Crippen LogP contribution in [-0.2, 0) is 11.2 Å². The highest BCUT2D eigenvalue weighted by Crippen LogP contribution is 2.20. The fourth-order valence-corrected chi connectivity index (χ4v) is 3.02. The van der Waals surface area contributed by atoms with Crippen LogP contribution in [0.4, 0.5) is 0 Å². The van der Waals surface area contributed by atoms with E-state index in [2.05, 4.69) is 22.5 Å². The topological polar surface area (TPSA) is 67.2 Å². The maximum absolute atomic E-state index is 12.1. The Labute approximate surface area is 142 Å². The Bertz CT molecular complexity index is 654. The smallest absolute Gasteiger partial charge is 0.220 e. The van der Waals surface area contributed by atoms with Gasteiger partial charge in [-0.3, -0.25) is 4.79 Å². The average molecular weight is 327 g/mol. The van der Waals surface area contributed by atoms with Crippen molar-refractivity contribution in [1.29, 1.82) is 0 Å². The van der Waals surface area contributed by atoms with E-state index in [1.54, 1.807) is 6.20 Å². The maximum atomic E-state index is 12.1. The lowest BCUT2D eigenvalue weighted by Gasteiger charge is -2.30. The molecule has 1 saturated heterocycles. The number of carbonyl (C=O) groups excluding carboxylic acids is 1. The van der Waals surface area contributed by atoms with E-state index in [9.17, 15) is 4.79 Å². The molecule has 0 radical (unpaired) electrons. The number of carbonyl (C=O) groups is 1. The molecule has 1 aliphatic heterocycles. The third-order valence-corrected chi connectivity index (χ3v) is 4.58. The zero-order valence-corrected chi connectivity index (χ0v) is 14.1. The lowest BCUT2D eigenvalue weighted by Crippen LogP contribution is -2.50. The van der Waals surface area contributed by atoms with Crippen LogP contribution in [0.1, 0.15) is 32.1 Å². The number of piperidine rings is 1. The molecule has 1 aromatic carbocycles. The molecule has 1 aliphatic rings. The summed E-state index contributed by atoms with van der Waals surface area (Å²) in [5, 5.41) is 6.46. The van der Waals surface area contributed by atoms with Gasteiger partial charge in [-0.05, 0) is 25.3 Å². The summed E-state index contributed by atoms with van der Waals surface area (Å²) in [6.07, 6.45) is 4.80. The second-order valence-electron chi connectivity index (χ2n) is 6.48. The molecule has 3 rings (SSSR count). The minimum Gasteiger partial charge on any atom is -0.441 e. The van der Waals surface area contributed by atoms with Crippen LogP contribution in [0.5, 0.6) is 0 Å². The van der Waals surface area contributed by atoms with Gasteiger partial charge >= 0.3 is 0 Å². The first-order valence-corrected chi connectivity index (χ1v) is 8.72. The molecule has 2 atom stereocenters. The molecule has 0 aliphatic carbocycles. The molecular formula is C19H25N3O2. The summed E-state index contributed by atoms with van der Waals surface area (Å²) >= 11 is 0. The highest BCUT2D eigenvalue weighted by atomic mass is 16.4. The summed E-state index contributed by atoms with van der Waals surface area (Å²) in [5.74, 6) is 2.12. The Hall–Kier alpha value is -2.14. The van der Waals surface area contributed by atoms with Crippen LogP contribution < -0.4 is 10.6 Å². The standard InChI is InChI=1S/C19H25N3O2/c1-14-10-11-20-12-16(14)22-18(23)8-5-9-19-21-13-17(24-19)15-6-3-2-4-7-15/h2-4,6-7,13-14,16,20H,5,8-12H2,1H3,(H,22,23). The number of hydrogen-bond acceptors (Lipinski definition) is 4. The van der Waals surface area contributed by atoms with Gasteiger partial charge in [-0.25, -0.2) is 4.98 Å². The predicted octanol–water partition coefficient (Wildman–Crippen LogP) is 2.78. The van der Waals surface area contributed by atoms with Gasteiger partial charge in [-0.15, -0.1) is 0 Å². The van der Waals surface area contributed by atoms with Gasteiger partial charge in [0, 0.05) is 31.0 Å². The molecule has 5 heteroatoms. The average Bonchev–Trinajstić information content (AvgIpc) is 3.07. The van der Waals surface area contributed by atoms with Crippen LogP contribution in [0.25, 0.3) is 11.3 Å². The van der Waals surface area contributed by atoms with Gasteiger partial charge in [0.15, 0.2) is 11.7 Å². The van der Waals surface area contributed by atoms with Crippen LogP contribution in [0.3, 0.4) is 0 Å². The van der Waals surface area contributed by atoms with Crippen LogP contribution >= 0.6 is 0 Å². The van der Waals surface area contributed by atoms with E-state index < -0.39 is 0 Å². The van der Waals surface area contributed by atoms with E-state index >= 15 is 0 Å². The third-order valence-electron chi connectivity index (χ3n) is 4.58. The van der Waals surface area contributed by atoms with E-state index in [1.165, 1.54) is 0 Å². The SMILES string of the molecule is CC1CCNCC1NC(=O)CCCc1ncc(-c2ccccc2)o1. The molecular weight excluding hydrogens is 302 g/mol. The molecule has 2 aromatic rings. The lowest BCUT2D eigenvalue weighted by molar-refractivity contribution is -0.122. The van der Waals surface area contributed by atoms with Crippen LogP contribution in [0, 0.1) is 5.92 Å². The van der Waals surface area contributed by atoms with E-state index in [4.69, 9.17) is 4.42 Å². The lowest BCUT2D eigenvalue weighted by atomic mass is 9.94.